The first-order valence-electron chi connectivity index (χ1n) is 7.54. The van der Waals surface area contributed by atoms with E-state index < -0.39 is 30.5 Å². The van der Waals surface area contributed by atoms with Crippen LogP contribution in [0.15, 0.2) is 42.5 Å². The van der Waals surface area contributed by atoms with Crippen LogP contribution < -0.4 is 15.8 Å². The lowest BCUT2D eigenvalue weighted by molar-refractivity contribution is 0.0955. The molecule has 0 saturated heterocycles. The van der Waals surface area contributed by atoms with Crippen LogP contribution in [0.4, 0.5) is 4.39 Å². The van der Waals surface area contributed by atoms with Crippen molar-refractivity contribution in [2.45, 2.75) is 12.0 Å². The molecule has 124 valence electrons. The van der Waals surface area contributed by atoms with Gasteiger partial charge in [0.2, 0.25) is 5.91 Å². The maximum Gasteiger partial charge on any atom is 0.254 e. The van der Waals surface area contributed by atoms with Crippen molar-refractivity contribution in [1.82, 2.24) is 5.32 Å². The normalized spacial score (nSPS) is 18.6. The van der Waals surface area contributed by atoms with Crippen LogP contribution >= 0.6 is 0 Å². The van der Waals surface area contributed by atoms with Crippen LogP contribution in [0.1, 0.15) is 37.8 Å². The molecule has 0 aromatic heterocycles. The monoisotopic (exact) mass is 328 g/mol. The summed E-state index contributed by atoms with van der Waals surface area (Å²) in [5.41, 5.74) is 7.20. The first kappa shape index (κ1) is 16.0. The van der Waals surface area contributed by atoms with Gasteiger partial charge in [0.15, 0.2) is 0 Å². The number of amides is 2. The van der Waals surface area contributed by atoms with Crippen molar-refractivity contribution in [2.75, 3.05) is 13.7 Å². The predicted molar refractivity (Wildman–Crippen MR) is 87.0 cm³/mol. The van der Waals surface area contributed by atoms with Crippen molar-refractivity contribution in [3.8, 4) is 5.75 Å². The van der Waals surface area contributed by atoms with Gasteiger partial charge in [-0.3, -0.25) is 9.59 Å². The molecule has 2 aromatic carbocycles. The molecule has 0 bridgehead atoms. The second kappa shape index (κ2) is 6.31. The van der Waals surface area contributed by atoms with E-state index in [4.69, 9.17) is 10.5 Å². The molecule has 0 spiro atoms. The fraction of sp³-hybridized carbons (Fsp3) is 0.222. The Morgan fingerprint density at radius 2 is 1.96 bits per heavy atom. The van der Waals surface area contributed by atoms with Gasteiger partial charge >= 0.3 is 0 Å². The number of rotatable bonds is 4. The molecule has 0 saturated carbocycles. The second-order valence-electron chi connectivity index (χ2n) is 5.58. The summed E-state index contributed by atoms with van der Waals surface area (Å²) >= 11 is 0. The molecule has 24 heavy (non-hydrogen) atoms. The number of hydrogen-bond acceptors (Lipinski definition) is 3. The summed E-state index contributed by atoms with van der Waals surface area (Å²) in [6.45, 7) is -0.715. The highest BCUT2D eigenvalue weighted by molar-refractivity contribution is 6.02. The summed E-state index contributed by atoms with van der Waals surface area (Å²) in [6.07, 6.45) is -0.756. The molecule has 3 rings (SSSR count). The Labute approximate surface area is 138 Å². The number of carbonyl (C=O) groups is 2. The topological polar surface area (TPSA) is 81.4 Å². The fourth-order valence-electron chi connectivity index (χ4n) is 3.05. The lowest BCUT2D eigenvalue weighted by Crippen LogP contribution is -2.22. The van der Waals surface area contributed by atoms with Gasteiger partial charge in [0.05, 0.1) is 11.5 Å². The van der Waals surface area contributed by atoms with E-state index in [9.17, 15) is 14.0 Å². The quantitative estimate of drug-likeness (QED) is 0.901. The van der Waals surface area contributed by atoms with E-state index in [0.717, 1.165) is 5.56 Å². The minimum absolute atomic E-state index is 0.181. The smallest absolute Gasteiger partial charge is 0.254 e. The largest absolute Gasteiger partial charge is 0.486 e. The Bertz CT molecular complexity index is 792. The van der Waals surface area contributed by atoms with Crippen molar-refractivity contribution >= 4 is 11.8 Å². The molecule has 0 aliphatic carbocycles. The van der Waals surface area contributed by atoms with Gasteiger partial charge in [-0.1, -0.05) is 30.3 Å². The Hall–Kier alpha value is -2.89. The van der Waals surface area contributed by atoms with E-state index >= 15 is 0 Å². The van der Waals surface area contributed by atoms with E-state index in [1.54, 1.807) is 6.07 Å². The number of nitrogens with one attached hydrogen (secondary N) is 1. The molecule has 6 heteroatoms. The molecule has 1 aliphatic heterocycles. The van der Waals surface area contributed by atoms with Crippen LogP contribution in [0.25, 0.3) is 0 Å². The lowest BCUT2D eigenvalue weighted by Gasteiger charge is -2.16. The number of ether oxygens (including phenoxy) is 1. The third-order valence-corrected chi connectivity index (χ3v) is 4.16. The molecular formula is C18H17FN2O3. The van der Waals surface area contributed by atoms with Crippen LogP contribution in [-0.2, 0) is 0 Å². The number of hydrogen-bond donors (Lipinski definition) is 2. The zero-order chi connectivity index (χ0) is 17.3. The maximum atomic E-state index is 13.6. The van der Waals surface area contributed by atoms with Gasteiger partial charge in [-0.05, 0) is 17.7 Å². The molecule has 1 heterocycles. The Balaban J connectivity index is 2.22. The minimum Gasteiger partial charge on any atom is -0.486 e. The first-order valence-corrected chi connectivity index (χ1v) is 7.54. The highest BCUT2D eigenvalue weighted by Crippen LogP contribution is 2.45. The molecule has 1 aliphatic rings. The molecular weight excluding hydrogens is 311 g/mol. The van der Waals surface area contributed by atoms with Crippen molar-refractivity contribution in [3.05, 3.63) is 64.7 Å². The third kappa shape index (κ3) is 2.60. The standard InChI is InChI=1S/C18H17FN2O3/c1-21-18(23)13-8-11(17(20)22)7-12-15(10-5-3-2-4-6-10)14(9-19)24-16(12)13/h2-8,14-15H,9H2,1H3,(H2,20,22)(H,21,23). The summed E-state index contributed by atoms with van der Waals surface area (Å²) in [4.78, 5) is 23.8. The highest BCUT2D eigenvalue weighted by atomic mass is 19.1. The molecule has 0 fully saturated rings. The van der Waals surface area contributed by atoms with E-state index in [-0.39, 0.29) is 11.1 Å². The number of nitrogens with two attached hydrogens (primary N) is 1. The first-order chi connectivity index (χ1) is 11.6. The summed E-state index contributed by atoms with van der Waals surface area (Å²) in [5.74, 6) is -1.18. The summed E-state index contributed by atoms with van der Waals surface area (Å²) in [6, 6.07) is 12.2. The fourth-order valence-corrected chi connectivity index (χ4v) is 3.05. The van der Waals surface area contributed by atoms with E-state index in [1.807, 2.05) is 30.3 Å². The summed E-state index contributed by atoms with van der Waals surface area (Å²) < 4.78 is 19.3. The number of fused-ring (bicyclic) bond motifs is 1. The van der Waals surface area contributed by atoms with E-state index in [2.05, 4.69) is 5.32 Å². The Morgan fingerprint density at radius 3 is 2.54 bits per heavy atom. The van der Waals surface area contributed by atoms with Crippen LogP contribution in [-0.4, -0.2) is 31.6 Å². The van der Waals surface area contributed by atoms with Crippen LogP contribution in [0, 0.1) is 0 Å². The zero-order valence-corrected chi connectivity index (χ0v) is 13.1. The molecule has 2 amide bonds. The van der Waals surface area contributed by atoms with Gasteiger partial charge in [-0.15, -0.1) is 0 Å². The second-order valence-corrected chi connectivity index (χ2v) is 5.58. The molecule has 2 unspecified atom stereocenters. The maximum absolute atomic E-state index is 13.6. The van der Waals surface area contributed by atoms with Gasteiger partial charge in [-0.2, -0.15) is 0 Å². The zero-order valence-electron chi connectivity index (χ0n) is 13.1. The molecule has 2 aromatic rings. The van der Waals surface area contributed by atoms with Gasteiger partial charge in [0, 0.05) is 18.2 Å². The molecule has 3 N–H and O–H groups in total. The average molecular weight is 328 g/mol. The van der Waals surface area contributed by atoms with E-state index in [0.29, 0.717) is 11.3 Å². The Kier molecular flexibility index (Phi) is 4.20. The van der Waals surface area contributed by atoms with Crippen molar-refractivity contribution in [1.29, 1.82) is 0 Å². The van der Waals surface area contributed by atoms with Gasteiger partial charge in [0.1, 0.15) is 18.5 Å². The van der Waals surface area contributed by atoms with Crippen LogP contribution in [0.3, 0.4) is 0 Å². The van der Waals surface area contributed by atoms with Gasteiger partial charge in [-0.25, -0.2) is 4.39 Å². The highest BCUT2D eigenvalue weighted by Gasteiger charge is 2.38. The molecule has 5 nitrogen and oxygen atoms in total. The lowest BCUT2D eigenvalue weighted by atomic mass is 9.86. The van der Waals surface area contributed by atoms with E-state index in [1.165, 1.54) is 13.1 Å². The summed E-state index contributed by atoms with van der Waals surface area (Å²) in [5, 5.41) is 2.50. The van der Waals surface area contributed by atoms with Crippen molar-refractivity contribution in [3.63, 3.8) is 0 Å². The SMILES string of the molecule is CNC(=O)c1cc(C(N)=O)cc2c1OC(CF)C2c1ccccc1. The van der Waals surface area contributed by atoms with Crippen LogP contribution in [0.5, 0.6) is 5.75 Å². The number of benzene rings is 2. The molecule has 2 atom stereocenters. The third-order valence-electron chi connectivity index (χ3n) is 4.16. The predicted octanol–water partition coefficient (Wildman–Crippen LogP) is 2.01. The molecule has 0 radical (unpaired) electrons. The van der Waals surface area contributed by atoms with Crippen molar-refractivity contribution < 1.29 is 18.7 Å². The minimum atomic E-state index is -0.756. The summed E-state index contributed by atoms with van der Waals surface area (Å²) in [7, 11) is 1.47. The van der Waals surface area contributed by atoms with Gasteiger partial charge in [0.25, 0.3) is 5.91 Å². The number of alkyl halides is 1. The van der Waals surface area contributed by atoms with Crippen LogP contribution in [0.2, 0.25) is 0 Å². The van der Waals surface area contributed by atoms with Gasteiger partial charge < -0.3 is 15.8 Å². The number of halogens is 1. The average Bonchev–Trinajstić information content (AvgIpc) is 2.99. The number of carbonyl (C=O) groups excluding carboxylic acids is 2. The van der Waals surface area contributed by atoms with Crippen molar-refractivity contribution in [2.24, 2.45) is 5.73 Å². The number of primary amides is 1. The Morgan fingerprint density at radius 1 is 1.25 bits per heavy atom.